The first-order valence-electron chi connectivity index (χ1n) is 10.9. The molecule has 6 nitrogen and oxygen atoms in total. The van der Waals surface area contributed by atoms with Gasteiger partial charge in [-0.15, -0.1) is 0 Å². The average molecular weight is 396 g/mol. The zero-order chi connectivity index (χ0) is 20.2. The summed E-state index contributed by atoms with van der Waals surface area (Å²) in [5.41, 5.74) is 3.46. The number of nitrogens with zero attached hydrogens (tertiary/aromatic N) is 3. The number of hydrogen-bond acceptors (Lipinski definition) is 6. The average Bonchev–Trinajstić information content (AvgIpc) is 2.73. The molecule has 4 rings (SSSR count). The predicted molar refractivity (Wildman–Crippen MR) is 118 cm³/mol. The summed E-state index contributed by atoms with van der Waals surface area (Å²) in [4.78, 5) is 11.9. The van der Waals surface area contributed by atoms with Gasteiger partial charge >= 0.3 is 0 Å². The highest BCUT2D eigenvalue weighted by Gasteiger charge is 2.25. The Kier molecular flexibility index (Phi) is 6.31. The quantitative estimate of drug-likeness (QED) is 0.709. The van der Waals surface area contributed by atoms with Gasteiger partial charge in [0.2, 0.25) is 5.95 Å². The van der Waals surface area contributed by atoms with Gasteiger partial charge in [-0.05, 0) is 83.6 Å². The summed E-state index contributed by atoms with van der Waals surface area (Å²) in [6, 6.07) is 8.65. The minimum absolute atomic E-state index is 0.148. The Balaban J connectivity index is 1.55. The summed E-state index contributed by atoms with van der Waals surface area (Å²) in [5, 5.41) is 16.9. The number of anilines is 3. The van der Waals surface area contributed by atoms with Crippen molar-refractivity contribution >= 4 is 17.5 Å². The summed E-state index contributed by atoms with van der Waals surface area (Å²) in [7, 11) is 2.19. The summed E-state index contributed by atoms with van der Waals surface area (Å²) < 4.78 is 0. The number of nitrogens with one attached hydrogen (secondary N) is 2. The van der Waals surface area contributed by atoms with E-state index in [1.165, 1.54) is 11.1 Å². The third kappa shape index (κ3) is 5.25. The van der Waals surface area contributed by atoms with Crippen LogP contribution in [0.15, 0.2) is 30.5 Å². The Hall–Kier alpha value is -2.18. The van der Waals surface area contributed by atoms with Crippen LogP contribution in [-0.2, 0) is 0 Å². The molecule has 0 bridgehead atoms. The number of aliphatic hydroxyl groups is 1. The van der Waals surface area contributed by atoms with Crippen molar-refractivity contribution in [2.24, 2.45) is 0 Å². The highest BCUT2D eigenvalue weighted by molar-refractivity contribution is 5.57. The maximum Gasteiger partial charge on any atom is 0.229 e. The number of rotatable bonds is 5. The smallest absolute Gasteiger partial charge is 0.229 e. The largest absolute Gasteiger partial charge is 0.393 e. The lowest BCUT2D eigenvalue weighted by atomic mass is 9.89. The molecule has 0 spiro atoms. The molecule has 1 saturated heterocycles. The first-order valence-corrected chi connectivity index (χ1v) is 10.9. The minimum Gasteiger partial charge on any atom is -0.393 e. The van der Waals surface area contributed by atoms with Crippen LogP contribution >= 0.6 is 0 Å². The number of benzene rings is 1. The van der Waals surface area contributed by atoms with Gasteiger partial charge in [0, 0.05) is 23.5 Å². The fourth-order valence-electron chi connectivity index (χ4n) is 4.36. The molecule has 6 heteroatoms. The molecule has 1 aromatic heterocycles. The summed E-state index contributed by atoms with van der Waals surface area (Å²) >= 11 is 0. The van der Waals surface area contributed by atoms with Gasteiger partial charge in [-0.1, -0.05) is 17.7 Å². The van der Waals surface area contributed by atoms with Crippen LogP contribution in [-0.4, -0.2) is 52.3 Å². The highest BCUT2D eigenvalue weighted by Crippen LogP contribution is 2.33. The standard InChI is InChI=1S/C23H33N5O/c1-16-3-5-19(6-4-16)26-23-24-15-21(17-11-13-28(2)14-12-17)22(27-23)25-18-7-9-20(29)10-8-18/h3-6,15,17-18,20,29H,7-14H2,1-2H3,(H2,24,25,26,27). The van der Waals surface area contributed by atoms with Crippen molar-refractivity contribution in [2.45, 2.75) is 63.5 Å². The lowest BCUT2D eigenvalue weighted by molar-refractivity contribution is 0.126. The molecule has 1 aliphatic heterocycles. The monoisotopic (exact) mass is 395 g/mol. The molecule has 156 valence electrons. The SMILES string of the molecule is Cc1ccc(Nc2ncc(C3CCN(C)CC3)c(NC3CCC(O)CC3)n2)cc1. The second-order valence-corrected chi connectivity index (χ2v) is 8.72. The molecule has 0 radical (unpaired) electrons. The summed E-state index contributed by atoms with van der Waals surface area (Å²) in [6.45, 7) is 4.31. The molecule has 2 aromatic rings. The van der Waals surface area contributed by atoms with Gasteiger partial charge in [0.1, 0.15) is 5.82 Å². The van der Waals surface area contributed by atoms with Crippen LogP contribution in [0, 0.1) is 6.92 Å². The topological polar surface area (TPSA) is 73.3 Å². The van der Waals surface area contributed by atoms with E-state index >= 15 is 0 Å². The Morgan fingerprint density at radius 3 is 2.38 bits per heavy atom. The minimum atomic E-state index is -0.148. The molecular weight excluding hydrogens is 362 g/mol. The lowest BCUT2D eigenvalue weighted by Gasteiger charge is -2.32. The van der Waals surface area contributed by atoms with Crippen LogP contribution in [0.25, 0.3) is 0 Å². The number of hydrogen-bond donors (Lipinski definition) is 3. The highest BCUT2D eigenvalue weighted by atomic mass is 16.3. The molecule has 1 aliphatic carbocycles. The van der Waals surface area contributed by atoms with E-state index in [1.54, 1.807) is 0 Å². The first kappa shape index (κ1) is 20.1. The van der Waals surface area contributed by atoms with Crippen molar-refractivity contribution in [2.75, 3.05) is 30.8 Å². The molecular formula is C23H33N5O. The molecule has 29 heavy (non-hydrogen) atoms. The van der Waals surface area contributed by atoms with Gasteiger partial charge < -0.3 is 20.6 Å². The van der Waals surface area contributed by atoms with E-state index in [1.807, 2.05) is 6.20 Å². The van der Waals surface area contributed by atoms with Crippen LogP contribution < -0.4 is 10.6 Å². The number of aromatic nitrogens is 2. The third-order valence-corrected chi connectivity index (χ3v) is 6.32. The van der Waals surface area contributed by atoms with Gasteiger partial charge in [-0.2, -0.15) is 4.98 Å². The fraction of sp³-hybridized carbons (Fsp3) is 0.565. The summed E-state index contributed by atoms with van der Waals surface area (Å²) in [5.74, 6) is 2.09. The van der Waals surface area contributed by atoms with E-state index in [4.69, 9.17) is 4.98 Å². The normalized spacial score (nSPS) is 23.7. The number of piperidine rings is 1. The summed E-state index contributed by atoms with van der Waals surface area (Å²) in [6.07, 6.45) is 7.84. The van der Waals surface area contributed by atoms with Crippen molar-refractivity contribution in [1.82, 2.24) is 14.9 Å². The zero-order valence-corrected chi connectivity index (χ0v) is 17.6. The van der Waals surface area contributed by atoms with Crippen LogP contribution in [0.2, 0.25) is 0 Å². The van der Waals surface area contributed by atoms with Crippen LogP contribution in [0.3, 0.4) is 0 Å². The van der Waals surface area contributed by atoms with Crippen molar-refractivity contribution in [1.29, 1.82) is 0 Å². The van der Waals surface area contributed by atoms with E-state index in [-0.39, 0.29) is 6.10 Å². The molecule has 3 N–H and O–H groups in total. The van der Waals surface area contributed by atoms with Crippen molar-refractivity contribution in [3.05, 3.63) is 41.6 Å². The van der Waals surface area contributed by atoms with Gasteiger partial charge in [0.25, 0.3) is 0 Å². The maximum absolute atomic E-state index is 9.84. The van der Waals surface area contributed by atoms with Crippen molar-refractivity contribution in [3.8, 4) is 0 Å². The van der Waals surface area contributed by atoms with Gasteiger partial charge in [0.05, 0.1) is 6.10 Å². The Morgan fingerprint density at radius 1 is 1.00 bits per heavy atom. The van der Waals surface area contributed by atoms with Crippen LogP contribution in [0.5, 0.6) is 0 Å². The second-order valence-electron chi connectivity index (χ2n) is 8.72. The molecule has 0 atom stereocenters. The Morgan fingerprint density at radius 2 is 1.69 bits per heavy atom. The molecule has 1 saturated carbocycles. The van der Waals surface area contributed by atoms with Crippen LogP contribution in [0.4, 0.5) is 17.5 Å². The first-order chi connectivity index (χ1) is 14.1. The maximum atomic E-state index is 9.84. The lowest BCUT2D eigenvalue weighted by Crippen LogP contribution is -2.31. The fourth-order valence-corrected chi connectivity index (χ4v) is 4.36. The molecule has 0 unspecified atom stereocenters. The van der Waals surface area contributed by atoms with Gasteiger partial charge in [-0.3, -0.25) is 0 Å². The second kappa shape index (κ2) is 9.09. The molecule has 2 aliphatic rings. The van der Waals surface area contributed by atoms with E-state index < -0.39 is 0 Å². The number of aliphatic hydroxyl groups excluding tert-OH is 1. The van der Waals surface area contributed by atoms with E-state index in [0.29, 0.717) is 17.9 Å². The van der Waals surface area contributed by atoms with Gasteiger partial charge in [-0.25, -0.2) is 4.98 Å². The predicted octanol–water partition coefficient (Wildman–Crippen LogP) is 4.05. The molecule has 2 fully saturated rings. The van der Waals surface area contributed by atoms with Gasteiger partial charge in [0.15, 0.2) is 0 Å². The van der Waals surface area contributed by atoms with Crippen molar-refractivity contribution < 1.29 is 5.11 Å². The Labute approximate surface area is 173 Å². The number of likely N-dealkylation sites (tertiary alicyclic amines) is 1. The molecule has 0 amide bonds. The van der Waals surface area contributed by atoms with E-state index in [9.17, 15) is 5.11 Å². The molecule has 1 aromatic carbocycles. The zero-order valence-electron chi connectivity index (χ0n) is 17.6. The third-order valence-electron chi connectivity index (χ3n) is 6.32. The Bertz CT molecular complexity index is 793. The van der Waals surface area contributed by atoms with Crippen LogP contribution in [0.1, 0.15) is 55.6 Å². The van der Waals surface area contributed by atoms with Crippen molar-refractivity contribution in [3.63, 3.8) is 0 Å². The van der Waals surface area contributed by atoms with E-state index in [0.717, 1.165) is 63.1 Å². The van der Waals surface area contributed by atoms with E-state index in [2.05, 4.69) is 58.8 Å². The number of aryl methyl sites for hydroxylation is 1. The molecule has 2 heterocycles.